The number of esters is 1. The lowest BCUT2D eigenvalue weighted by Crippen LogP contribution is -2.43. The van der Waals surface area contributed by atoms with Gasteiger partial charge in [-0.3, -0.25) is 4.79 Å². The predicted molar refractivity (Wildman–Crippen MR) is 168 cm³/mol. The van der Waals surface area contributed by atoms with Gasteiger partial charge in [0.1, 0.15) is 42.2 Å². The Hall–Kier alpha value is -3.42. The molecule has 5 rings (SSSR count). The van der Waals surface area contributed by atoms with Crippen LogP contribution in [0.5, 0.6) is 11.5 Å². The molecule has 2 atom stereocenters. The van der Waals surface area contributed by atoms with E-state index in [1.807, 2.05) is 75.4 Å². The molecule has 0 aliphatic carbocycles. The monoisotopic (exact) mass is 591 g/mol. The first-order chi connectivity index (χ1) is 20.3. The van der Waals surface area contributed by atoms with Crippen molar-refractivity contribution in [3.63, 3.8) is 0 Å². The first kappa shape index (κ1) is 30.1. The van der Waals surface area contributed by atoms with Crippen LogP contribution in [-0.2, 0) is 16.1 Å². The van der Waals surface area contributed by atoms with Crippen molar-refractivity contribution in [1.29, 1.82) is 0 Å². The summed E-state index contributed by atoms with van der Waals surface area (Å²) in [6.45, 7) is 9.21. The Morgan fingerprint density at radius 2 is 1.71 bits per heavy atom. The van der Waals surface area contributed by atoms with Gasteiger partial charge in [-0.15, -0.1) is 0 Å². The summed E-state index contributed by atoms with van der Waals surface area (Å²) in [4.78, 5) is 15.8. The lowest BCUT2D eigenvalue weighted by molar-refractivity contribution is -0.162. The smallest absolute Gasteiger partial charge is 0.309 e. The second-order valence-corrected chi connectivity index (χ2v) is 12.5. The van der Waals surface area contributed by atoms with E-state index >= 15 is 0 Å². The highest BCUT2D eigenvalue weighted by Gasteiger charge is 2.36. The van der Waals surface area contributed by atoms with Gasteiger partial charge in [-0.05, 0) is 101 Å². The number of benzene rings is 3. The molecule has 8 heteroatoms. The van der Waals surface area contributed by atoms with E-state index in [4.69, 9.17) is 25.8 Å². The SMILES string of the molecule is CC(C)(C)OC(=O)C(CCN1c2cccc(OCc3ccccc3)c2NC1COc1ccc(Cl)cc1)C1CCNCC1. The number of piperidine rings is 1. The van der Waals surface area contributed by atoms with Crippen LogP contribution in [0.15, 0.2) is 72.8 Å². The number of nitrogens with zero attached hydrogens (tertiary/aromatic N) is 1. The number of anilines is 2. The number of ether oxygens (including phenoxy) is 3. The number of fused-ring (bicyclic) bond motifs is 1. The van der Waals surface area contributed by atoms with Gasteiger partial charge in [0.25, 0.3) is 0 Å². The van der Waals surface area contributed by atoms with Crippen molar-refractivity contribution in [1.82, 2.24) is 5.32 Å². The number of carbonyl (C=O) groups is 1. The van der Waals surface area contributed by atoms with Gasteiger partial charge >= 0.3 is 5.97 Å². The first-order valence-corrected chi connectivity index (χ1v) is 15.3. The van der Waals surface area contributed by atoms with Gasteiger partial charge in [0.05, 0.1) is 11.6 Å². The Bertz CT molecular complexity index is 1310. The molecule has 0 spiro atoms. The van der Waals surface area contributed by atoms with Crippen molar-refractivity contribution >= 4 is 28.9 Å². The van der Waals surface area contributed by atoms with Crippen LogP contribution in [0.3, 0.4) is 0 Å². The molecule has 3 aromatic carbocycles. The summed E-state index contributed by atoms with van der Waals surface area (Å²) in [5.41, 5.74) is 2.56. The normalized spacial score (nSPS) is 17.7. The molecule has 2 aliphatic heterocycles. The summed E-state index contributed by atoms with van der Waals surface area (Å²) in [5, 5.41) is 7.76. The molecule has 1 fully saturated rings. The highest BCUT2D eigenvalue weighted by Crippen LogP contribution is 2.43. The molecule has 2 unspecified atom stereocenters. The van der Waals surface area contributed by atoms with Crippen LogP contribution in [0.25, 0.3) is 0 Å². The molecule has 0 bridgehead atoms. The van der Waals surface area contributed by atoms with E-state index in [1.54, 1.807) is 0 Å². The van der Waals surface area contributed by atoms with Gasteiger partial charge in [-0.25, -0.2) is 0 Å². The fourth-order valence-corrected chi connectivity index (χ4v) is 5.86. The Labute approximate surface area is 254 Å². The summed E-state index contributed by atoms with van der Waals surface area (Å²) in [5.74, 6) is 1.55. The van der Waals surface area contributed by atoms with E-state index in [0.717, 1.165) is 54.4 Å². The number of nitrogens with one attached hydrogen (secondary N) is 2. The summed E-state index contributed by atoms with van der Waals surface area (Å²) >= 11 is 6.08. The van der Waals surface area contributed by atoms with Crippen LogP contribution < -0.4 is 25.0 Å². The van der Waals surface area contributed by atoms with Crippen LogP contribution in [0.1, 0.15) is 45.6 Å². The van der Waals surface area contributed by atoms with E-state index in [2.05, 4.69) is 33.7 Å². The lowest BCUT2D eigenvalue weighted by atomic mass is 9.82. The van der Waals surface area contributed by atoms with E-state index in [0.29, 0.717) is 37.1 Å². The molecule has 1 saturated heterocycles. The third kappa shape index (κ3) is 7.90. The molecule has 0 amide bonds. The van der Waals surface area contributed by atoms with Gasteiger partial charge in [-0.1, -0.05) is 48.0 Å². The fourth-order valence-electron chi connectivity index (χ4n) is 5.73. The molecule has 3 aromatic rings. The molecule has 0 saturated carbocycles. The van der Waals surface area contributed by atoms with E-state index in [1.165, 1.54) is 0 Å². The minimum Gasteiger partial charge on any atom is -0.489 e. The zero-order chi connectivity index (χ0) is 29.5. The average molecular weight is 592 g/mol. The average Bonchev–Trinajstić information content (AvgIpc) is 3.34. The van der Waals surface area contributed by atoms with Crippen molar-refractivity contribution in [2.24, 2.45) is 11.8 Å². The lowest BCUT2D eigenvalue weighted by Gasteiger charge is -2.34. The van der Waals surface area contributed by atoms with Crippen molar-refractivity contribution in [2.75, 3.05) is 36.5 Å². The Kier molecular flexibility index (Phi) is 9.80. The van der Waals surface area contributed by atoms with Gasteiger partial charge in [0.15, 0.2) is 0 Å². The maximum absolute atomic E-state index is 13.5. The van der Waals surface area contributed by atoms with Gasteiger partial charge in [0.2, 0.25) is 0 Å². The molecule has 0 aromatic heterocycles. The van der Waals surface area contributed by atoms with Crippen LogP contribution in [0.2, 0.25) is 5.02 Å². The summed E-state index contributed by atoms with van der Waals surface area (Å²) < 4.78 is 18.4. The van der Waals surface area contributed by atoms with Crippen molar-refractivity contribution < 1.29 is 19.0 Å². The zero-order valence-electron chi connectivity index (χ0n) is 24.8. The highest BCUT2D eigenvalue weighted by atomic mass is 35.5. The fraction of sp³-hybridized carbons (Fsp3) is 0.441. The molecule has 0 radical (unpaired) electrons. The third-order valence-electron chi connectivity index (χ3n) is 7.80. The van der Waals surface area contributed by atoms with Gasteiger partial charge in [-0.2, -0.15) is 0 Å². The minimum atomic E-state index is -0.524. The van der Waals surface area contributed by atoms with Gasteiger partial charge in [0, 0.05) is 11.6 Å². The van der Waals surface area contributed by atoms with E-state index in [9.17, 15) is 4.79 Å². The summed E-state index contributed by atoms with van der Waals surface area (Å²) in [7, 11) is 0. The molecule has 2 heterocycles. The Morgan fingerprint density at radius 1 is 0.976 bits per heavy atom. The predicted octanol–water partition coefficient (Wildman–Crippen LogP) is 6.90. The number of carbonyl (C=O) groups excluding carboxylic acids is 1. The van der Waals surface area contributed by atoms with Gasteiger partial charge < -0.3 is 29.7 Å². The molecule has 42 heavy (non-hydrogen) atoms. The zero-order valence-corrected chi connectivity index (χ0v) is 25.5. The molecule has 7 nitrogen and oxygen atoms in total. The number of rotatable bonds is 11. The summed E-state index contributed by atoms with van der Waals surface area (Å²) in [6, 6.07) is 23.7. The third-order valence-corrected chi connectivity index (χ3v) is 8.05. The van der Waals surface area contributed by atoms with E-state index in [-0.39, 0.29) is 18.1 Å². The van der Waals surface area contributed by atoms with Crippen LogP contribution in [0, 0.1) is 11.8 Å². The first-order valence-electron chi connectivity index (χ1n) is 14.9. The van der Waals surface area contributed by atoms with Crippen LogP contribution in [0.4, 0.5) is 11.4 Å². The Balaban J connectivity index is 1.36. The number of hydrogen-bond donors (Lipinski definition) is 2. The molecule has 224 valence electrons. The maximum atomic E-state index is 13.5. The van der Waals surface area contributed by atoms with Crippen molar-refractivity contribution in [3.8, 4) is 11.5 Å². The number of halogens is 1. The number of para-hydroxylation sites is 1. The van der Waals surface area contributed by atoms with Crippen LogP contribution in [-0.4, -0.2) is 44.0 Å². The summed E-state index contributed by atoms with van der Waals surface area (Å²) in [6.07, 6.45) is 2.48. The van der Waals surface area contributed by atoms with Crippen molar-refractivity contribution in [3.05, 3.63) is 83.4 Å². The number of hydrogen-bond acceptors (Lipinski definition) is 7. The molecular weight excluding hydrogens is 550 g/mol. The second kappa shape index (κ2) is 13.7. The minimum absolute atomic E-state index is 0.101. The van der Waals surface area contributed by atoms with E-state index < -0.39 is 5.60 Å². The van der Waals surface area contributed by atoms with Crippen LogP contribution >= 0.6 is 11.6 Å². The standard InChI is InChI=1S/C34H42ClN3O4/c1-34(2,3)42-33(39)28(25-16-19-36-20-17-25)18-21-38-29-10-7-11-30(41-22-24-8-5-4-6-9-24)32(29)37-31(38)23-40-27-14-12-26(35)13-15-27/h4-15,25,28,31,36-37H,16-23H2,1-3H3. The maximum Gasteiger partial charge on any atom is 0.309 e. The topological polar surface area (TPSA) is 72.1 Å². The highest BCUT2D eigenvalue weighted by molar-refractivity contribution is 6.30. The molecule has 2 aliphatic rings. The molecular formula is C34H42ClN3O4. The second-order valence-electron chi connectivity index (χ2n) is 12.1. The Morgan fingerprint density at radius 3 is 2.43 bits per heavy atom. The van der Waals surface area contributed by atoms with Crippen molar-refractivity contribution in [2.45, 2.75) is 58.4 Å². The largest absolute Gasteiger partial charge is 0.489 e. The molecule has 2 N–H and O–H groups in total. The quantitative estimate of drug-likeness (QED) is 0.235.